The molecule has 0 N–H and O–H groups in total. The standard InChI is InChI=1S/C8H18ClNO3S/c1-3-13-7-6-10(2)5-4-8-14(9,11)12/h3-8H2,1-2H3. The van der Waals surface area contributed by atoms with E-state index in [2.05, 4.69) is 0 Å². The normalized spacial score (nSPS) is 12.3. The number of likely N-dealkylation sites (N-methyl/N-ethyl adjacent to an activating group) is 1. The second-order valence-electron chi connectivity index (χ2n) is 3.10. The zero-order chi connectivity index (χ0) is 11.0. The Labute approximate surface area is 90.6 Å². The van der Waals surface area contributed by atoms with Crippen LogP contribution >= 0.6 is 10.7 Å². The lowest BCUT2D eigenvalue weighted by Crippen LogP contribution is -2.25. The Morgan fingerprint density at radius 3 is 2.50 bits per heavy atom. The minimum absolute atomic E-state index is 0.0352. The van der Waals surface area contributed by atoms with Crippen LogP contribution in [0.4, 0.5) is 0 Å². The summed E-state index contributed by atoms with van der Waals surface area (Å²) in [5.41, 5.74) is 0. The van der Waals surface area contributed by atoms with E-state index in [1.807, 2.05) is 18.9 Å². The predicted octanol–water partition coefficient (Wildman–Crippen LogP) is 0.913. The molecule has 4 nitrogen and oxygen atoms in total. The van der Waals surface area contributed by atoms with E-state index in [0.717, 1.165) is 13.1 Å². The van der Waals surface area contributed by atoms with Gasteiger partial charge in [0.2, 0.25) is 9.05 Å². The molecule has 0 spiro atoms. The maximum atomic E-state index is 10.6. The molecular formula is C8H18ClNO3S. The number of nitrogens with zero attached hydrogens (tertiary/aromatic N) is 1. The molecule has 0 aromatic heterocycles. The van der Waals surface area contributed by atoms with Gasteiger partial charge in [0.25, 0.3) is 0 Å². The van der Waals surface area contributed by atoms with Gasteiger partial charge in [0.15, 0.2) is 0 Å². The summed E-state index contributed by atoms with van der Waals surface area (Å²) in [4.78, 5) is 2.03. The lowest BCUT2D eigenvalue weighted by Gasteiger charge is -2.15. The zero-order valence-corrected chi connectivity index (χ0v) is 10.3. The Balaban J connectivity index is 3.40. The molecule has 14 heavy (non-hydrogen) atoms. The van der Waals surface area contributed by atoms with Gasteiger partial charge in [0.1, 0.15) is 0 Å². The average Bonchev–Trinajstić information content (AvgIpc) is 2.02. The molecule has 0 saturated heterocycles. The van der Waals surface area contributed by atoms with Crippen LogP contribution in [0.1, 0.15) is 13.3 Å². The first-order valence-corrected chi connectivity index (χ1v) is 7.12. The molecule has 0 atom stereocenters. The van der Waals surface area contributed by atoms with Crippen molar-refractivity contribution in [1.29, 1.82) is 0 Å². The molecule has 0 fully saturated rings. The Bertz CT molecular complexity index is 231. The third-order valence-electron chi connectivity index (χ3n) is 1.75. The molecule has 0 bridgehead atoms. The summed E-state index contributed by atoms with van der Waals surface area (Å²) in [5.74, 6) is 0.0352. The van der Waals surface area contributed by atoms with Gasteiger partial charge in [-0.3, -0.25) is 0 Å². The molecule has 0 aliphatic carbocycles. The SMILES string of the molecule is CCOCCN(C)CCCS(=O)(=O)Cl. The minimum Gasteiger partial charge on any atom is -0.380 e. The van der Waals surface area contributed by atoms with E-state index in [-0.39, 0.29) is 5.75 Å². The maximum Gasteiger partial charge on any atom is 0.232 e. The van der Waals surface area contributed by atoms with E-state index >= 15 is 0 Å². The third kappa shape index (κ3) is 10.2. The van der Waals surface area contributed by atoms with E-state index in [1.165, 1.54) is 0 Å². The molecule has 0 aromatic rings. The molecule has 0 aliphatic heterocycles. The first-order chi connectivity index (χ1) is 6.45. The van der Waals surface area contributed by atoms with Crippen LogP contribution in [0.15, 0.2) is 0 Å². The molecular weight excluding hydrogens is 226 g/mol. The Morgan fingerprint density at radius 2 is 2.00 bits per heavy atom. The highest BCUT2D eigenvalue weighted by Gasteiger charge is 2.05. The van der Waals surface area contributed by atoms with Crippen LogP contribution in [0, 0.1) is 0 Å². The Kier molecular flexibility index (Phi) is 7.54. The van der Waals surface area contributed by atoms with Crippen molar-refractivity contribution in [2.75, 3.05) is 39.1 Å². The first-order valence-electron chi connectivity index (χ1n) is 4.64. The van der Waals surface area contributed by atoms with Gasteiger partial charge in [-0.2, -0.15) is 0 Å². The highest BCUT2D eigenvalue weighted by atomic mass is 35.7. The van der Waals surface area contributed by atoms with E-state index in [4.69, 9.17) is 15.4 Å². The fraction of sp³-hybridized carbons (Fsp3) is 1.00. The quantitative estimate of drug-likeness (QED) is 0.470. The molecule has 0 aliphatic rings. The highest BCUT2D eigenvalue weighted by molar-refractivity contribution is 8.13. The summed E-state index contributed by atoms with van der Waals surface area (Å²) in [5, 5.41) is 0. The van der Waals surface area contributed by atoms with Crippen molar-refractivity contribution in [3.8, 4) is 0 Å². The van der Waals surface area contributed by atoms with Crippen molar-refractivity contribution in [1.82, 2.24) is 4.90 Å². The fourth-order valence-electron chi connectivity index (χ4n) is 0.983. The summed E-state index contributed by atoms with van der Waals surface area (Å²) >= 11 is 0. The van der Waals surface area contributed by atoms with Crippen molar-refractivity contribution in [3.05, 3.63) is 0 Å². The van der Waals surface area contributed by atoms with Gasteiger partial charge in [0, 0.05) is 23.8 Å². The van der Waals surface area contributed by atoms with Gasteiger partial charge in [-0.1, -0.05) is 0 Å². The van der Waals surface area contributed by atoms with E-state index in [9.17, 15) is 8.42 Å². The summed E-state index contributed by atoms with van der Waals surface area (Å²) in [6, 6.07) is 0. The molecule has 0 rings (SSSR count). The van der Waals surface area contributed by atoms with Gasteiger partial charge in [-0.15, -0.1) is 0 Å². The van der Waals surface area contributed by atoms with Crippen molar-refractivity contribution >= 4 is 19.7 Å². The second kappa shape index (κ2) is 7.45. The first kappa shape index (κ1) is 14.2. The van der Waals surface area contributed by atoms with Crippen LogP contribution in [0.5, 0.6) is 0 Å². The van der Waals surface area contributed by atoms with Gasteiger partial charge < -0.3 is 9.64 Å². The van der Waals surface area contributed by atoms with E-state index in [0.29, 0.717) is 19.6 Å². The number of halogens is 1. The Morgan fingerprint density at radius 1 is 1.36 bits per heavy atom. The number of hydrogen-bond acceptors (Lipinski definition) is 4. The van der Waals surface area contributed by atoms with Crippen molar-refractivity contribution in [2.24, 2.45) is 0 Å². The summed E-state index contributed by atoms with van der Waals surface area (Å²) in [6.45, 7) is 4.87. The number of ether oxygens (including phenoxy) is 1. The van der Waals surface area contributed by atoms with Crippen LogP contribution in [0.2, 0.25) is 0 Å². The predicted molar refractivity (Wildman–Crippen MR) is 58.2 cm³/mol. The molecule has 0 amide bonds. The smallest absolute Gasteiger partial charge is 0.232 e. The summed E-state index contributed by atoms with van der Waals surface area (Å²) in [6.07, 6.45) is 0.564. The van der Waals surface area contributed by atoms with Crippen LogP contribution in [0.25, 0.3) is 0 Å². The van der Waals surface area contributed by atoms with Crippen LogP contribution < -0.4 is 0 Å². The van der Waals surface area contributed by atoms with Crippen molar-refractivity contribution in [3.63, 3.8) is 0 Å². The topological polar surface area (TPSA) is 46.6 Å². The summed E-state index contributed by atoms with van der Waals surface area (Å²) < 4.78 is 26.4. The number of rotatable bonds is 8. The molecule has 6 heteroatoms. The molecule has 0 heterocycles. The lowest BCUT2D eigenvalue weighted by molar-refractivity contribution is 0.122. The molecule has 0 aromatic carbocycles. The summed E-state index contributed by atoms with van der Waals surface area (Å²) in [7, 11) is 3.67. The monoisotopic (exact) mass is 243 g/mol. The van der Waals surface area contributed by atoms with Crippen molar-refractivity contribution < 1.29 is 13.2 Å². The fourth-order valence-corrected chi connectivity index (χ4v) is 1.78. The van der Waals surface area contributed by atoms with Gasteiger partial charge in [-0.25, -0.2) is 8.42 Å². The zero-order valence-electron chi connectivity index (χ0n) is 8.70. The number of hydrogen-bond donors (Lipinski definition) is 0. The lowest BCUT2D eigenvalue weighted by atomic mass is 10.4. The Hall–Kier alpha value is 0.160. The highest BCUT2D eigenvalue weighted by Crippen LogP contribution is 1.99. The van der Waals surface area contributed by atoms with Crippen LogP contribution in [-0.2, 0) is 13.8 Å². The van der Waals surface area contributed by atoms with Crippen molar-refractivity contribution in [2.45, 2.75) is 13.3 Å². The van der Waals surface area contributed by atoms with E-state index < -0.39 is 9.05 Å². The van der Waals surface area contributed by atoms with Gasteiger partial charge in [-0.05, 0) is 26.9 Å². The largest absolute Gasteiger partial charge is 0.380 e. The molecule has 0 unspecified atom stereocenters. The molecule has 0 saturated carbocycles. The maximum absolute atomic E-state index is 10.6. The minimum atomic E-state index is -3.33. The van der Waals surface area contributed by atoms with Crippen LogP contribution in [0.3, 0.4) is 0 Å². The molecule has 0 radical (unpaired) electrons. The second-order valence-corrected chi connectivity index (χ2v) is 5.99. The third-order valence-corrected chi connectivity index (χ3v) is 2.99. The average molecular weight is 244 g/mol. The van der Waals surface area contributed by atoms with Gasteiger partial charge in [0.05, 0.1) is 12.4 Å². The van der Waals surface area contributed by atoms with Crippen LogP contribution in [-0.4, -0.2) is 52.4 Å². The van der Waals surface area contributed by atoms with E-state index in [1.54, 1.807) is 0 Å². The molecule has 86 valence electrons. The van der Waals surface area contributed by atoms with Gasteiger partial charge >= 0.3 is 0 Å².